The van der Waals surface area contributed by atoms with Gasteiger partial charge in [-0.05, 0) is 96.5 Å². The Labute approximate surface area is 363 Å². The quantitative estimate of drug-likeness (QED) is 0.123. The molecule has 3 unspecified atom stereocenters. The van der Waals surface area contributed by atoms with Crippen molar-refractivity contribution >= 4 is 58.0 Å². The lowest BCUT2D eigenvalue weighted by atomic mass is 9.97. The van der Waals surface area contributed by atoms with E-state index in [9.17, 15) is 19.2 Å². The van der Waals surface area contributed by atoms with Crippen LogP contribution in [0.4, 0.5) is 9.59 Å². The number of halogens is 1. The van der Waals surface area contributed by atoms with E-state index < -0.39 is 29.8 Å². The van der Waals surface area contributed by atoms with Gasteiger partial charge in [-0.1, -0.05) is 87.8 Å². The van der Waals surface area contributed by atoms with Crippen molar-refractivity contribution < 1.29 is 28.7 Å². The first kappa shape index (κ1) is 43.7. The summed E-state index contributed by atoms with van der Waals surface area (Å²) in [6.45, 7) is 12.3. The summed E-state index contributed by atoms with van der Waals surface area (Å²) in [5.74, 6) is 0.977. The molecule has 0 radical (unpaired) electrons. The summed E-state index contributed by atoms with van der Waals surface area (Å²) in [4.78, 5) is 65.5. The Hall–Kier alpha value is -5.37. The van der Waals surface area contributed by atoms with Crippen LogP contribution in [0.3, 0.4) is 0 Å². The molecule has 326 valence electrons. The van der Waals surface area contributed by atoms with Crippen molar-refractivity contribution in [2.45, 2.75) is 121 Å². The predicted molar refractivity (Wildman–Crippen MR) is 238 cm³/mol. The minimum atomic E-state index is -0.726. The Morgan fingerprint density at radius 2 is 1.20 bits per heavy atom. The summed E-state index contributed by atoms with van der Waals surface area (Å²) in [5, 5.41) is 14.6. The highest BCUT2D eigenvalue weighted by Crippen LogP contribution is 2.36. The fourth-order valence-corrected chi connectivity index (χ4v) is 9.56. The molecule has 7 rings (SSSR count). The second-order valence-corrected chi connectivity index (χ2v) is 17.9. The molecular weight excluding hydrogens is 796 g/mol. The Morgan fingerprint density at radius 1 is 0.689 bits per heavy atom. The molecule has 3 aromatic rings. The van der Waals surface area contributed by atoms with Gasteiger partial charge < -0.3 is 40.5 Å². The second kappa shape index (κ2) is 18.3. The molecule has 0 aromatic heterocycles. The summed E-state index contributed by atoms with van der Waals surface area (Å²) in [6.07, 6.45) is 1.95. The van der Waals surface area contributed by atoms with Gasteiger partial charge in [0.1, 0.15) is 35.3 Å². The SMILES string of the molecule is COC(=O)N[C@H](C(=O)N1[C@@H](C)CC[C@H]1C1=NCC(c2ccc(-c3ccc4cc(C5N=C([C@@H]6CC[C@H](C)N6C(=O)[C@@H](NC(=O)OC)C(C)C)NC5Cl)ccc4c3)cc2)N1)C(C)C. The first-order valence-electron chi connectivity index (χ1n) is 21.5. The summed E-state index contributed by atoms with van der Waals surface area (Å²) < 4.78 is 9.60. The highest BCUT2D eigenvalue weighted by molar-refractivity contribution is 6.23. The van der Waals surface area contributed by atoms with E-state index in [1.165, 1.54) is 14.2 Å². The Bertz CT molecular complexity index is 2200. The number of rotatable bonds is 11. The number of likely N-dealkylation sites (tertiary alicyclic amines) is 2. The number of carbonyl (C=O) groups excluding carboxylic acids is 4. The van der Waals surface area contributed by atoms with E-state index in [4.69, 9.17) is 31.1 Å². The van der Waals surface area contributed by atoms with Gasteiger partial charge in [-0.3, -0.25) is 19.6 Å². The molecule has 9 atom stereocenters. The van der Waals surface area contributed by atoms with Crippen LogP contribution in [-0.4, -0.2) is 108 Å². The van der Waals surface area contributed by atoms with Crippen LogP contribution in [0.5, 0.6) is 0 Å². The fourth-order valence-electron chi connectivity index (χ4n) is 9.25. The Morgan fingerprint density at radius 3 is 1.75 bits per heavy atom. The largest absolute Gasteiger partial charge is 0.453 e. The number of fused-ring (bicyclic) bond motifs is 1. The number of benzene rings is 3. The third-order valence-electron chi connectivity index (χ3n) is 12.7. The number of ether oxygens (including phenoxy) is 2. The standard InChI is InChI=1S/C46H59ClN8O6/c1-24(2)37(51-45(58)60-7)43(56)54-26(5)9-19-35(54)41-48-23-34(49-41)29-13-11-28(12-14-29)30-15-16-32-22-33(18-17-31(32)21-30)39-40(47)53-42(50-39)36-20-10-27(6)55(36)44(57)38(25(3)4)52-46(59)61-8/h11-18,21-22,24-27,34-40H,9-10,19-20,23H2,1-8H3,(H,48,49)(H,50,53)(H,51,58)(H,52,59)/t26-,27-,34?,35-,36-,37-,38-,39?,40?/m0/s1. The van der Waals surface area contributed by atoms with E-state index in [1.54, 1.807) is 0 Å². The molecule has 4 aliphatic rings. The third-order valence-corrected chi connectivity index (χ3v) is 13.1. The van der Waals surface area contributed by atoms with Crippen LogP contribution in [0.15, 0.2) is 70.6 Å². The number of nitrogens with zero attached hydrogens (tertiary/aromatic N) is 4. The zero-order valence-electron chi connectivity index (χ0n) is 36.3. The van der Waals surface area contributed by atoms with Crippen LogP contribution in [0.25, 0.3) is 21.9 Å². The lowest BCUT2D eigenvalue weighted by molar-refractivity contribution is -0.136. The molecule has 2 fully saturated rings. The topological polar surface area (TPSA) is 166 Å². The van der Waals surface area contributed by atoms with E-state index in [2.05, 4.69) is 81.9 Å². The highest BCUT2D eigenvalue weighted by Gasteiger charge is 2.45. The molecule has 4 amide bonds. The smallest absolute Gasteiger partial charge is 0.407 e. The van der Waals surface area contributed by atoms with E-state index in [0.29, 0.717) is 12.4 Å². The van der Waals surface area contributed by atoms with Gasteiger partial charge in [0.05, 0.1) is 38.9 Å². The molecule has 4 N–H and O–H groups in total. The second-order valence-electron chi connectivity index (χ2n) is 17.5. The third kappa shape index (κ3) is 9.01. The van der Waals surface area contributed by atoms with Crippen LogP contribution in [0, 0.1) is 11.8 Å². The number of alkyl halides is 1. The van der Waals surface area contributed by atoms with Crippen molar-refractivity contribution in [3.8, 4) is 11.1 Å². The molecule has 0 aliphatic carbocycles. The van der Waals surface area contributed by atoms with Crippen molar-refractivity contribution in [2.24, 2.45) is 21.8 Å². The van der Waals surface area contributed by atoms with Crippen LogP contribution < -0.4 is 21.3 Å². The molecule has 0 spiro atoms. The fraction of sp³-hybridized carbons (Fsp3) is 0.522. The number of alkyl carbamates (subject to hydrolysis) is 2. The van der Waals surface area contributed by atoms with Gasteiger partial charge in [-0.2, -0.15) is 0 Å². The Kier molecular flexibility index (Phi) is 13.1. The van der Waals surface area contributed by atoms with E-state index in [1.807, 2.05) is 51.3 Å². The number of hydrogen-bond acceptors (Lipinski definition) is 10. The number of aliphatic imine (C=N–C) groups is 2. The number of carbonyl (C=O) groups is 4. The zero-order chi connectivity index (χ0) is 43.7. The summed E-state index contributed by atoms with van der Waals surface area (Å²) in [6, 6.07) is 19.0. The van der Waals surface area contributed by atoms with Gasteiger partial charge in [0, 0.05) is 12.1 Å². The van der Waals surface area contributed by atoms with Crippen LogP contribution >= 0.6 is 11.6 Å². The first-order valence-corrected chi connectivity index (χ1v) is 21.9. The molecule has 15 heteroatoms. The Balaban J connectivity index is 1.01. The van der Waals surface area contributed by atoms with E-state index in [-0.39, 0.29) is 59.9 Å². The van der Waals surface area contributed by atoms with Crippen molar-refractivity contribution in [1.29, 1.82) is 0 Å². The van der Waals surface area contributed by atoms with Crippen LogP contribution in [0.1, 0.15) is 90.4 Å². The minimum Gasteiger partial charge on any atom is -0.453 e. The van der Waals surface area contributed by atoms with Gasteiger partial charge in [0.2, 0.25) is 11.8 Å². The van der Waals surface area contributed by atoms with Gasteiger partial charge in [0.25, 0.3) is 0 Å². The van der Waals surface area contributed by atoms with Crippen molar-refractivity contribution in [3.05, 3.63) is 71.8 Å². The van der Waals surface area contributed by atoms with Gasteiger partial charge >= 0.3 is 12.2 Å². The molecule has 0 bridgehead atoms. The minimum absolute atomic E-state index is 0.0128. The molecule has 61 heavy (non-hydrogen) atoms. The van der Waals surface area contributed by atoms with Gasteiger partial charge in [-0.25, -0.2) is 9.59 Å². The van der Waals surface area contributed by atoms with Crippen molar-refractivity contribution in [2.75, 3.05) is 20.8 Å². The number of nitrogens with one attached hydrogen (secondary N) is 4. The van der Waals surface area contributed by atoms with Crippen LogP contribution in [0.2, 0.25) is 0 Å². The molecule has 3 aromatic carbocycles. The number of methoxy groups -OCH3 is 2. The number of hydrogen-bond donors (Lipinski definition) is 4. The maximum atomic E-state index is 13.9. The average Bonchev–Trinajstić information content (AvgIpc) is 4.06. The van der Waals surface area contributed by atoms with Gasteiger partial charge in [0.15, 0.2) is 0 Å². The summed E-state index contributed by atoms with van der Waals surface area (Å²) >= 11 is 6.93. The van der Waals surface area contributed by atoms with E-state index >= 15 is 0 Å². The highest BCUT2D eigenvalue weighted by atomic mass is 35.5. The number of amidine groups is 2. The first-order chi connectivity index (χ1) is 29.2. The monoisotopic (exact) mass is 854 g/mol. The molecule has 0 saturated carbocycles. The molecule has 14 nitrogen and oxygen atoms in total. The number of amides is 4. The molecule has 4 heterocycles. The zero-order valence-corrected chi connectivity index (χ0v) is 37.0. The average molecular weight is 855 g/mol. The molecule has 4 aliphatic heterocycles. The lowest BCUT2D eigenvalue weighted by Gasteiger charge is -2.34. The maximum Gasteiger partial charge on any atom is 0.407 e. The normalized spacial score (nSPS) is 25.8. The van der Waals surface area contributed by atoms with Crippen LogP contribution in [-0.2, 0) is 19.1 Å². The molecule has 2 saturated heterocycles. The predicted octanol–water partition coefficient (Wildman–Crippen LogP) is 6.68. The molecular formula is C46H59ClN8O6. The lowest BCUT2D eigenvalue weighted by Crippen LogP contribution is -2.56. The summed E-state index contributed by atoms with van der Waals surface area (Å²) in [7, 11) is 2.59. The maximum absolute atomic E-state index is 13.9. The summed E-state index contributed by atoms with van der Waals surface area (Å²) in [5.41, 5.74) is 3.79. The van der Waals surface area contributed by atoms with Crippen molar-refractivity contribution in [3.63, 3.8) is 0 Å². The van der Waals surface area contributed by atoms with Crippen molar-refractivity contribution in [1.82, 2.24) is 31.1 Å². The van der Waals surface area contributed by atoms with E-state index in [0.717, 1.165) is 64.5 Å². The van der Waals surface area contributed by atoms with Gasteiger partial charge in [-0.15, -0.1) is 0 Å².